The molecule has 1 aliphatic rings. The monoisotopic (exact) mass is 197 g/mol. The van der Waals surface area contributed by atoms with E-state index in [1.54, 1.807) is 6.92 Å². The Morgan fingerprint density at radius 3 is 2.79 bits per heavy atom. The summed E-state index contributed by atoms with van der Waals surface area (Å²) in [5.41, 5.74) is 7.66. The second-order valence-corrected chi connectivity index (χ2v) is 3.86. The molecule has 1 nitrogen and oxygen atoms in total. The fourth-order valence-corrected chi connectivity index (χ4v) is 2.19. The van der Waals surface area contributed by atoms with Crippen LogP contribution < -0.4 is 5.73 Å². The van der Waals surface area contributed by atoms with E-state index >= 15 is 0 Å². The van der Waals surface area contributed by atoms with Gasteiger partial charge in [-0.1, -0.05) is 0 Å². The molecule has 0 aliphatic heterocycles. The molecule has 1 aliphatic carbocycles. The van der Waals surface area contributed by atoms with Crippen molar-refractivity contribution in [2.75, 3.05) is 0 Å². The van der Waals surface area contributed by atoms with Gasteiger partial charge in [-0.25, -0.2) is 8.78 Å². The summed E-state index contributed by atoms with van der Waals surface area (Å²) in [7, 11) is 0. The van der Waals surface area contributed by atoms with Gasteiger partial charge in [-0.05, 0) is 42.9 Å². The lowest BCUT2D eigenvalue weighted by molar-refractivity contribution is 0.508. The molecule has 0 saturated heterocycles. The second-order valence-electron chi connectivity index (χ2n) is 3.86. The number of hydrogen-bond acceptors (Lipinski definition) is 1. The number of nitrogens with two attached hydrogens (primary N) is 1. The topological polar surface area (TPSA) is 26.0 Å². The summed E-state index contributed by atoms with van der Waals surface area (Å²) in [4.78, 5) is 0. The van der Waals surface area contributed by atoms with Gasteiger partial charge in [-0.2, -0.15) is 0 Å². The van der Waals surface area contributed by atoms with Gasteiger partial charge in [-0.3, -0.25) is 0 Å². The molecule has 3 heteroatoms. The summed E-state index contributed by atoms with van der Waals surface area (Å²) in [6.07, 6.45) is 2.38. The predicted octanol–water partition coefficient (Wildman–Crippen LogP) is 2.61. The van der Waals surface area contributed by atoms with E-state index in [0.29, 0.717) is 23.1 Å². The molecular weight excluding hydrogens is 184 g/mol. The van der Waals surface area contributed by atoms with E-state index in [4.69, 9.17) is 5.73 Å². The maximum absolute atomic E-state index is 13.4. The first kappa shape index (κ1) is 9.59. The van der Waals surface area contributed by atoms with Crippen LogP contribution in [0.15, 0.2) is 6.07 Å². The molecule has 0 bridgehead atoms. The Morgan fingerprint density at radius 2 is 2.07 bits per heavy atom. The quantitative estimate of drug-likeness (QED) is 0.679. The highest BCUT2D eigenvalue weighted by molar-refractivity contribution is 5.40. The van der Waals surface area contributed by atoms with Gasteiger partial charge in [0.1, 0.15) is 11.6 Å². The number of fused-ring (bicyclic) bond motifs is 1. The summed E-state index contributed by atoms with van der Waals surface area (Å²) in [5, 5.41) is 0. The minimum absolute atomic E-state index is 0.205. The minimum atomic E-state index is -0.487. The second kappa shape index (κ2) is 3.31. The van der Waals surface area contributed by atoms with E-state index in [1.807, 2.05) is 0 Å². The van der Waals surface area contributed by atoms with Crippen molar-refractivity contribution in [3.8, 4) is 0 Å². The summed E-state index contributed by atoms with van der Waals surface area (Å²) < 4.78 is 26.6. The van der Waals surface area contributed by atoms with Gasteiger partial charge in [0.05, 0.1) is 0 Å². The first-order valence-corrected chi connectivity index (χ1v) is 4.84. The highest BCUT2D eigenvalue weighted by Gasteiger charge is 2.23. The Balaban J connectivity index is 2.67. The molecule has 1 aromatic rings. The first-order valence-electron chi connectivity index (χ1n) is 4.84. The van der Waals surface area contributed by atoms with Crippen molar-refractivity contribution in [1.29, 1.82) is 0 Å². The van der Waals surface area contributed by atoms with Crippen LogP contribution in [0.1, 0.15) is 35.6 Å². The lowest BCUT2D eigenvalue weighted by Crippen LogP contribution is -2.20. The van der Waals surface area contributed by atoms with Gasteiger partial charge in [0, 0.05) is 12.1 Å². The third-order valence-electron chi connectivity index (χ3n) is 2.94. The van der Waals surface area contributed by atoms with Crippen molar-refractivity contribution in [3.05, 3.63) is 34.4 Å². The van der Waals surface area contributed by atoms with Crippen molar-refractivity contribution >= 4 is 0 Å². The van der Waals surface area contributed by atoms with E-state index in [1.165, 1.54) is 0 Å². The summed E-state index contributed by atoms with van der Waals surface area (Å²) >= 11 is 0. The maximum atomic E-state index is 13.4. The molecule has 2 rings (SSSR count). The van der Waals surface area contributed by atoms with Crippen LogP contribution in [0.5, 0.6) is 0 Å². The molecule has 0 unspecified atom stereocenters. The van der Waals surface area contributed by atoms with Crippen molar-refractivity contribution in [3.63, 3.8) is 0 Å². The molecule has 0 aromatic heterocycles. The van der Waals surface area contributed by atoms with Gasteiger partial charge in [0.25, 0.3) is 0 Å². The number of hydrogen-bond donors (Lipinski definition) is 1. The summed E-state index contributed by atoms with van der Waals surface area (Å²) in [5.74, 6) is -0.933. The zero-order valence-corrected chi connectivity index (χ0v) is 8.11. The normalized spacial score (nSPS) is 20.7. The van der Waals surface area contributed by atoms with Crippen molar-refractivity contribution in [2.45, 2.75) is 32.2 Å². The Bertz CT molecular complexity index is 374. The highest BCUT2D eigenvalue weighted by atomic mass is 19.1. The third-order valence-corrected chi connectivity index (χ3v) is 2.94. The van der Waals surface area contributed by atoms with Crippen LogP contribution in [0.25, 0.3) is 0 Å². The average molecular weight is 197 g/mol. The molecule has 1 atom stereocenters. The third kappa shape index (κ3) is 1.32. The predicted molar refractivity (Wildman–Crippen MR) is 51.0 cm³/mol. The molecule has 0 heterocycles. The highest BCUT2D eigenvalue weighted by Crippen LogP contribution is 2.33. The number of rotatable bonds is 0. The molecule has 1 aromatic carbocycles. The standard InChI is InChI=1S/C11H13F2N/c1-6-8(12)5-9(13)7-3-2-4-10(14)11(6)7/h5,10H,2-4,14H2,1H3/t10-/m0/s1. The summed E-state index contributed by atoms with van der Waals surface area (Å²) in [6, 6.07) is 0.760. The molecule has 0 saturated carbocycles. The van der Waals surface area contributed by atoms with E-state index < -0.39 is 11.6 Å². The lowest BCUT2D eigenvalue weighted by atomic mass is 9.85. The molecular formula is C11H13F2N. The van der Waals surface area contributed by atoms with Crippen LogP contribution in [-0.2, 0) is 6.42 Å². The van der Waals surface area contributed by atoms with Gasteiger partial charge in [0.15, 0.2) is 0 Å². The fraction of sp³-hybridized carbons (Fsp3) is 0.455. The largest absolute Gasteiger partial charge is 0.324 e. The van der Waals surface area contributed by atoms with Gasteiger partial charge in [0.2, 0.25) is 0 Å². The Labute approximate surface area is 81.9 Å². The van der Waals surface area contributed by atoms with Crippen LogP contribution >= 0.6 is 0 Å². The van der Waals surface area contributed by atoms with Crippen LogP contribution in [-0.4, -0.2) is 0 Å². The Hall–Kier alpha value is -0.960. The molecule has 14 heavy (non-hydrogen) atoms. The number of benzene rings is 1. The van der Waals surface area contributed by atoms with Crippen LogP contribution in [0.2, 0.25) is 0 Å². The average Bonchev–Trinajstić information content (AvgIpc) is 2.14. The smallest absolute Gasteiger partial charge is 0.129 e. The van der Waals surface area contributed by atoms with Crippen molar-refractivity contribution < 1.29 is 8.78 Å². The SMILES string of the molecule is Cc1c(F)cc(F)c2c1[C@@H](N)CCC2. The zero-order chi connectivity index (χ0) is 10.3. The minimum Gasteiger partial charge on any atom is -0.324 e. The van der Waals surface area contributed by atoms with Crippen molar-refractivity contribution in [1.82, 2.24) is 0 Å². The fourth-order valence-electron chi connectivity index (χ4n) is 2.19. The van der Waals surface area contributed by atoms with E-state index in [9.17, 15) is 8.78 Å². The number of halogens is 2. The molecule has 0 spiro atoms. The molecule has 0 amide bonds. The first-order chi connectivity index (χ1) is 6.61. The molecule has 0 radical (unpaired) electrons. The van der Waals surface area contributed by atoms with Crippen LogP contribution in [0.3, 0.4) is 0 Å². The lowest BCUT2D eigenvalue weighted by Gasteiger charge is -2.24. The van der Waals surface area contributed by atoms with Gasteiger partial charge >= 0.3 is 0 Å². The maximum Gasteiger partial charge on any atom is 0.129 e. The zero-order valence-electron chi connectivity index (χ0n) is 8.11. The Kier molecular flexibility index (Phi) is 2.27. The molecule has 76 valence electrons. The van der Waals surface area contributed by atoms with Crippen molar-refractivity contribution in [2.24, 2.45) is 5.73 Å². The van der Waals surface area contributed by atoms with Crippen LogP contribution in [0, 0.1) is 18.6 Å². The summed E-state index contributed by atoms with van der Waals surface area (Å²) in [6.45, 7) is 1.67. The van der Waals surface area contributed by atoms with Gasteiger partial charge in [-0.15, -0.1) is 0 Å². The van der Waals surface area contributed by atoms with E-state index in [-0.39, 0.29) is 6.04 Å². The van der Waals surface area contributed by atoms with E-state index in [2.05, 4.69) is 0 Å². The van der Waals surface area contributed by atoms with Gasteiger partial charge < -0.3 is 5.73 Å². The molecule has 0 fully saturated rings. The van der Waals surface area contributed by atoms with E-state index in [0.717, 1.165) is 18.9 Å². The molecule has 2 N–H and O–H groups in total. The Morgan fingerprint density at radius 1 is 1.36 bits per heavy atom. The van der Waals surface area contributed by atoms with Crippen LogP contribution in [0.4, 0.5) is 8.78 Å².